The second-order valence-electron chi connectivity index (χ2n) is 6.12. The van der Waals surface area contributed by atoms with Crippen LogP contribution in [0.4, 0.5) is 0 Å². The summed E-state index contributed by atoms with van der Waals surface area (Å²) < 4.78 is 5.95. The van der Waals surface area contributed by atoms with Crippen molar-refractivity contribution in [2.45, 2.75) is 59.9 Å². The highest BCUT2D eigenvalue weighted by molar-refractivity contribution is 5.37. The number of rotatable bonds is 9. The third-order valence-electron chi connectivity index (χ3n) is 3.98. The average Bonchev–Trinajstić information content (AvgIpc) is 2.46. The van der Waals surface area contributed by atoms with Crippen LogP contribution in [0.15, 0.2) is 24.3 Å². The zero-order valence-electron chi connectivity index (χ0n) is 13.8. The van der Waals surface area contributed by atoms with Gasteiger partial charge in [-0.1, -0.05) is 52.8 Å². The Morgan fingerprint density at radius 2 is 1.80 bits per heavy atom. The Kier molecular flexibility index (Phi) is 7.08. The first-order valence-corrected chi connectivity index (χ1v) is 8.01. The SMILES string of the molecule is CCCNC(c1ccccc1OCCC)C(C)(C)CC. The van der Waals surface area contributed by atoms with Crippen LogP contribution in [-0.4, -0.2) is 13.2 Å². The van der Waals surface area contributed by atoms with Crippen LogP contribution >= 0.6 is 0 Å². The highest BCUT2D eigenvalue weighted by atomic mass is 16.5. The lowest BCUT2D eigenvalue weighted by Gasteiger charge is -2.35. The Hall–Kier alpha value is -1.02. The molecule has 0 spiro atoms. The lowest BCUT2D eigenvalue weighted by Crippen LogP contribution is -2.34. The van der Waals surface area contributed by atoms with Gasteiger partial charge in [0, 0.05) is 11.6 Å². The van der Waals surface area contributed by atoms with Crippen molar-refractivity contribution < 1.29 is 4.74 Å². The molecule has 0 bridgehead atoms. The molecular formula is C18H31NO. The van der Waals surface area contributed by atoms with E-state index in [9.17, 15) is 0 Å². The molecule has 0 aliphatic heterocycles. The van der Waals surface area contributed by atoms with Gasteiger partial charge in [0.05, 0.1) is 6.61 Å². The Bertz CT molecular complexity index is 387. The van der Waals surface area contributed by atoms with E-state index in [1.165, 1.54) is 5.56 Å². The van der Waals surface area contributed by atoms with Gasteiger partial charge in [0.2, 0.25) is 0 Å². The third kappa shape index (κ3) is 4.52. The predicted octanol–water partition coefficient (Wildman–Crippen LogP) is 4.95. The van der Waals surface area contributed by atoms with Gasteiger partial charge >= 0.3 is 0 Å². The molecule has 0 fully saturated rings. The number of nitrogens with one attached hydrogen (secondary N) is 1. The Balaban J connectivity index is 3.06. The number of benzene rings is 1. The molecule has 1 N–H and O–H groups in total. The van der Waals surface area contributed by atoms with Crippen molar-refractivity contribution in [3.05, 3.63) is 29.8 Å². The Morgan fingerprint density at radius 3 is 2.40 bits per heavy atom. The minimum atomic E-state index is 0.209. The van der Waals surface area contributed by atoms with E-state index >= 15 is 0 Å². The van der Waals surface area contributed by atoms with Gasteiger partial charge < -0.3 is 10.1 Å². The summed E-state index contributed by atoms with van der Waals surface area (Å²) in [6, 6.07) is 8.80. The summed E-state index contributed by atoms with van der Waals surface area (Å²) in [4.78, 5) is 0. The smallest absolute Gasteiger partial charge is 0.124 e. The molecule has 0 aliphatic rings. The lowest BCUT2D eigenvalue weighted by molar-refractivity contribution is 0.224. The Labute approximate surface area is 124 Å². The van der Waals surface area contributed by atoms with Crippen molar-refractivity contribution >= 4 is 0 Å². The molecule has 0 amide bonds. The van der Waals surface area contributed by atoms with Gasteiger partial charge in [-0.25, -0.2) is 0 Å². The number of para-hydroxylation sites is 1. The molecule has 0 saturated carbocycles. The summed E-state index contributed by atoms with van der Waals surface area (Å²) >= 11 is 0. The van der Waals surface area contributed by atoms with Crippen LogP contribution in [0.5, 0.6) is 5.75 Å². The minimum absolute atomic E-state index is 0.209. The molecule has 1 aromatic carbocycles. The van der Waals surface area contributed by atoms with Gasteiger partial charge in [-0.15, -0.1) is 0 Å². The predicted molar refractivity (Wildman–Crippen MR) is 87.3 cm³/mol. The van der Waals surface area contributed by atoms with Crippen LogP contribution in [0.3, 0.4) is 0 Å². The molecule has 20 heavy (non-hydrogen) atoms. The van der Waals surface area contributed by atoms with Crippen molar-refractivity contribution in [3.63, 3.8) is 0 Å². The van der Waals surface area contributed by atoms with E-state index in [0.29, 0.717) is 6.04 Å². The first-order valence-electron chi connectivity index (χ1n) is 8.01. The molecule has 0 saturated heterocycles. The fourth-order valence-electron chi connectivity index (χ4n) is 2.36. The maximum absolute atomic E-state index is 5.95. The average molecular weight is 277 g/mol. The molecule has 0 radical (unpaired) electrons. The first-order chi connectivity index (χ1) is 9.56. The van der Waals surface area contributed by atoms with Crippen molar-refractivity contribution in [2.24, 2.45) is 5.41 Å². The van der Waals surface area contributed by atoms with E-state index in [2.05, 4.69) is 64.2 Å². The van der Waals surface area contributed by atoms with E-state index in [4.69, 9.17) is 4.74 Å². The second kappa shape index (κ2) is 8.31. The van der Waals surface area contributed by atoms with Crippen LogP contribution < -0.4 is 10.1 Å². The molecule has 2 heteroatoms. The normalized spacial score (nSPS) is 13.2. The van der Waals surface area contributed by atoms with Crippen molar-refractivity contribution in [1.29, 1.82) is 0 Å². The zero-order chi connectivity index (χ0) is 15.0. The molecule has 0 heterocycles. The van der Waals surface area contributed by atoms with Gasteiger partial charge in [-0.05, 0) is 37.3 Å². The highest BCUT2D eigenvalue weighted by Gasteiger charge is 2.30. The van der Waals surface area contributed by atoms with Gasteiger partial charge in [-0.2, -0.15) is 0 Å². The maximum atomic E-state index is 5.95. The topological polar surface area (TPSA) is 21.3 Å². The summed E-state index contributed by atoms with van der Waals surface area (Å²) in [5.41, 5.74) is 1.50. The Morgan fingerprint density at radius 1 is 1.10 bits per heavy atom. The van der Waals surface area contributed by atoms with E-state index in [-0.39, 0.29) is 5.41 Å². The van der Waals surface area contributed by atoms with Crippen LogP contribution in [0, 0.1) is 5.41 Å². The summed E-state index contributed by atoms with van der Waals surface area (Å²) in [7, 11) is 0. The molecule has 1 atom stereocenters. The van der Waals surface area contributed by atoms with Crippen LogP contribution in [0.2, 0.25) is 0 Å². The molecule has 1 rings (SSSR count). The minimum Gasteiger partial charge on any atom is -0.493 e. The summed E-state index contributed by atoms with van der Waals surface area (Å²) in [6.45, 7) is 13.1. The van der Waals surface area contributed by atoms with Crippen LogP contribution in [0.25, 0.3) is 0 Å². The summed E-state index contributed by atoms with van der Waals surface area (Å²) in [6.07, 6.45) is 3.32. The fourth-order valence-corrected chi connectivity index (χ4v) is 2.36. The van der Waals surface area contributed by atoms with E-state index < -0.39 is 0 Å². The molecule has 0 aromatic heterocycles. The molecular weight excluding hydrogens is 246 g/mol. The van der Waals surface area contributed by atoms with Gasteiger partial charge in [0.15, 0.2) is 0 Å². The van der Waals surface area contributed by atoms with Crippen molar-refractivity contribution in [1.82, 2.24) is 5.32 Å². The van der Waals surface area contributed by atoms with E-state index in [1.54, 1.807) is 0 Å². The first kappa shape index (κ1) is 17.0. The summed E-state index contributed by atoms with van der Waals surface area (Å²) in [5.74, 6) is 1.03. The van der Waals surface area contributed by atoms with Crippen molar-refractivity contribution in [2.75, 3.05) is 13.2 Å². The van der Waals surface area contributed by atoms with Gasteiger partial charge in [0.25, 0.3) is 0 Å². The molecule has 0 aliphatic carbocycles. The highest BCUT2D eigenvalue weighted by Crippen LogP contribution is 2.40. The molecule has 1 aromatic rings. The number of ether oxygens (including phenoxy) is 1. The lowest BCUT2D eigenvalue weighted by atomic mass is 9.78. The zero-order valence-corrected chi connectivity index (χ0v) is 13.8. The van der Waals surface area contributed by atoms with Crippen LogP contribution in [-0.2, 0) is 0 Å². The number of hydrogen-bond donors (Lipinski definition) is 1. The molecule has 2 nitrogen and oxygen atoms in total. The maximum Gasteiger partial charge on any atom is 0.124 e. The third-order valence-corrected chi connectivity index (χ3v) is 3.98. The largest absolute Gasteiger partial charge is 0.493 e. The van der Waals surface area contributed by atoms with Crippen molar-refractivity contribution in [3.8, 4) is 5.75 Å². The fraction of sp³-hybridized carbons (Fsp3) is 0.667. The number of hydrogen-bond acceptors (Lipinski definition) is 2. The molecule has 1 unspecified atom stereocenters. The second-order valence-corrected chi connectivity index (χ2v) is 6.12. The summed E-state index contributed by atoms with van der Waals surface area (Å²) in [5, 5.41) is 3.71. The van der Waals surface area contributed by atoms with Crippen LogP contribution in [0.1, 0.15) is 65.5 Å². The van der Waals surface area contributed by atoms with Gasteiger partial charge in [-0.3, -0.25) is 0 Å². The standard InChI is InChI=1S/C18H31NO/c1-6-13-19-17(18(4,5)8-3)15-11-9-10-12-16(15)20-14-7-2/h9-12,17,19H,6-8,13-14H2,1-5H3. The van der Waals surface area contributed by atoms with E-state index in [1.807, 2.05) is 0 Å². The van der Waals surface area contributed by atoms with E-state index in [0.717, 1.165) is 38.2 Å². The quantitative estimate of drug-likeness (QED) is 0.689. The van der Waals surface area contributed by atoms with Gasteiger partial charge in [0.1, 0.15) is 5.75 Å². The molecule has 114 valence electrons. The monoisotopic (exact) mass is 277 g/mol.